The van der Waals surface area contributed by atoms with Crippen molar-refractivity contribution in [3.8, 4) is 0 Å². The summed E-state index contributed by atoms with van der Waals surface area (Å²) in [5.41, 5.74) is 1.17. The Morgan fingerprint density at radius 1 is 0.750 bits per heavy atom. The first-order valence-corrected chi connectivity index (χ1v) is 14.6. The molecule has 3 aliphatic carbocycles. The number of esters is 2. The third-order valence-electron chi connectivity index (χ3n) is 7.70. The number of rotatable bonds is 6. The lowest BCUT2D eigenvalue weighted by Crippen LogP contribution is -2.45. The zero-order valence-corrected chi connectivity index (χ0v) is 20.5. The van der Waals surface area contributed by atoms with Gasteiger partial charge in [-0.05, 0) is 79.3 Å². The van der Waals surface area contributed by atoms with Gasteiger partial charge in [0.1, 0.15) is 12.2 Å². The largest absolute Gasteiger partial charge is 0.455 e. The molecule has 3 fully saturated rings. The average Bonchev–Trinajstić information content (AvgIpc) is 3.52. The highest BCUT2D eigenvalue weighted by Gasteiger charge is 2.62. The van der Waals surface area contributed by atoms with Crippen LogP contribution in [0.25, 0.3) is 0 Å². The Morgan fingerprint density at radius 3 is 1.66 bits per heavy atom. The van der Waals surface area contributed by atoms with Crippen molar-refractivity contribution in [1.82, 2.24) is 0 Å². The van der Waals surface area contributed by atoms with E-state index >= 15 is 0 Å². The topological polar surface area (TPSA) is 52.6 Å². The molecule has 8 atom stereocenters. The lowest BCUT2D eigenvalue weighted by Gasteiger charge is -2.37. The van der Waals surface area contributed by atoms with Crippen LogP contribution in [0, 0.1) is 23.7 Å². The van der Waals surface area contributed by atoms with E-state index < -0.39 is 0 Å². The van der Waals surface area contributed by atoms with Crippen LogP contribution in [0.2, 0.25) is 0 Å². The summed E-state index contributed by atoms with van der Waals surface area (Å²) >= 11 is 0. The predicted octanol–water partition coefficient (Wildman–Crippen LogP) is 4.37. The predicted molar refractivity (Wildman–Crippen MR) is 131 cm³/mol. The van der Waals surface area contributed by atoms with Gasteiger partial charge in [0.05, 0.1) is 11.1 Å². The zero-order valence-electron chi connectivity index (χ0n) is 18.5. The normalized spacial score (nSPS) is 30.9. The maximum atomic E-state index is 13.1. The summed E-state index contributed by atoms with van der Waals surface area (Å²) in [5.74, 6) is 1.20. The summed E-state index contributed by atoms with van der Waals surface area (Å²) in [4.78, 5) is 26.1. The Hall–Kier alpha value is -1.76. The van der Waals surface area contributed by atoms with Gasteiger partial charge in [-0.2, -0.15) is 0 Å². The van der Waals surface area contributed by atoms with Crippen LogP contribution in [0.4, 0.5) is 0 Å². The average molecular weight is 468 g/mol. The fourth-order valence-corrected chi connectivity index (χ4v) is 7.41. The minimum absolute atomic E-state index is 0.299. The first-order chi connectivity index (χ1) is 15.6. The van der Waals surface area contributed by atoms with Crippen molar-refractivity contribution in [1.29, 1.82) is 0 Å². The second-order valence-electron chi connectivity index (χ2n) is 9.22. The molecule has 2 aromatic carbocycles. The van der Waals surface area contributed by atoms with E-state index in [0.717, 1.165) is 17.0 Å². The van der Waals surface area contributed by atoms with Gasteiger partial charge in [0, 0.05) is 11.8 Å². The standard InChI is InChI=1S/C26H30O4P2/c1-31-17-8-3-6-15(12-17)25(27)29-23-21-14-22(20-11-5-10-19(20)21)24(23)30-26(28)16-7-4-9-18(13-16)32-2/h3-4,6-9,12-13,19-24,31-32H,5,10-11,14H2,1-2H3. The molecule has 0 N–H and O–H groups in total. The molecule has 0 radical (unpaired) electrons. The first kappa shape index (κ1) is 22.1. The number of hydrogen-bond acceptors (Lipinski definition) is 4. The molecule has 168 valence electrons. The van der Waals surface area contributed by atoms with Gasteiger partial charge in [-0.3, -0.25) is 0 Å². The number of fused-ring (bicyclic) bond motifs is 5. The van der Waals surface area contributed by atoms with Crippen molar-refractivity contribution in [2.75, 3.05) is 13.3 Å². The molecule has 0 aliphatic heterocycles. The summed E-state index contributed by atoms with van der Waals surface area (Å²) in [5, 5.41) is 2.28. The highest BCUT2D eigenvalue weighted by molar-refractivity contribution is 7.46. The van der Waals surface area contributed by atoms with Crippen LogP contribution >= 0.6 is 17.2 Å². The van der Waals surface area contributed by atoms with Gasteiger partial charge < -0.3 is 9.47 Å². The van der Waals surface area contributed by atoms with Crippen LogP contribution < -0.4 is 10.6 Å². The molecule has 32 heavy (non-hydrogen) atoms. The smallest absolute Gasteiger partial charge is 0.338 e. The summed E-state index contributed by atoms with van der Waals surface area (Å²) in [6, 6.07) is 15.4. The molecule has 0 aromatic heterocycles. The Labute approximate surface area is 193 Å². The SMILES string of the molecule is CPc1cccc(C(=O)OC2C3CC(C4CCCC43)C2OC(=O)c2cccc(PC)c2)c1. The van der Waals surface area contributed by atoms with Gasteiger partial charge >= 0.3 is 11.9 Å². The van der Waals surface area contributed by atoms with Crippen LogP contribution in [-0.4, -0.2) is 37.5 Å². The van der Waals surface area contributed by atoms with Crippen LogP contribution in [0.5, 0.6) is 0 Å². The second-order valence-corrected chi connectivity index (χ2v) is 11.4. The minimum Gasteiger partial charge on any atom is -0.455 e. The third kappa shape index (κ3) is 4.02. The fourth-order valence-electron chi connectivity index (χ4n) is 6.28. The summed E-state index contributed by atoms with van der Waals surface area (Å²) < 4.78 is 12.2. The second kappa shape index (κ2) is 9.24. The molecule has 3 aliphatic rings. The molecule has 0 spiro atoms. The Kier molecular flexibility index (Phi) is 6.37. The number of carbonyl (C=O) groups excluding carboxylic acids is 2. The van der Waals surface area contributed by atoms with Crippen LogP contribution in [0.15, 0.2) is 48.5 Å². The highest BCUT2D eigenvalue weighted by Crippen LogP contribution is 2.60. The van der Waals surface area contributed by atoms with E-state index in [1.54, 1.807) is 0 Å². The molecular formula is C26H30O4P2. The van der Waals surface area contributed by atoms with Crippen molar-refractivity contribution in [2.24, 2.45) is 23.7 Å². The fraction of sp³-hybridized carbons (Fsp3) is 0.462. The van der Waals surface area contributed by atoms with Gasteiger partial charge in [0.2, 0.25) is 0 Å². The molecule has 2 aromatic rings. The van der Waals surface area contributed by atoms with Crippen molar-refractivity contribution < 1.29 is 19.1 Å². The van der Waals surface area contributed by atoms with Crippen molar-refractivity contribution in [2.45, 2.75) is 37.9 Å². The molecule has 4 nitrogen and oxygen atoms in total. The molecule has 3 saturated carbocycles. The number of ether oxygens (including phenoxy) is 2. The lowest BCUT2D eigenvalue weighted by atomic mass is 9.78. The minimum atomic E-state index is -0.347. The van der Waals surface area contributed by atoms with Crippen LogP contribution in [0.1, 0.15) is 46.4 Å². The van der Waals surface area contributed by atoms with E-state index in [1.807, 2.05) is 48.5 Å². The Balaban J connectivity index is 1.38. The highest BCUT2D eigenvalue weighted by atomic mass is 31.1. The van der Waals surface area contributed by atoms with Gasteiger partial charge in [-0.25, -0.2) is 9.59 Å². The quantitative estimate of drug-likeness (QED) is 0.467. The van der Waals surface area contributed by atoms with Crippen LogP contribution in [-0.2, 0) is 9.47 Å². The Bertz CT molecular complexity index is 943. The lowest BCUT2D eigenvalue weighted by molar-refractivity contribution is -0.0766. The van der Waals surface area contributed by atoms with Gasteiger partial charge in [0.25, 0.3) is 0 Å². The van der Waals surface area contributed by atoms with E-state index in [2.05, 4.69) is 13.3 Å². The number of carbonyl (C=O) groups is 2. The van der Waals surface area contributed by atoms with E-state index in [0.29, 0.717) is 52.0 Å². The summed E-state index contributed by atoms with van der Waals surface area (Å²) in [6.07, 6.45) is 3.93. The van der Waals surface area contributed by atoms with Gasteiger partial charge in [-0.15, -0.1) is 0 Å². The first-order valence-electron chi connectivity index (χ1n) is 11.6. The van der Waals surface area contributed by atoms with Crippen molar-refractivity contribution in [3.63, 3.8) is 0 Å². The van der Waals surface area contributed by atoms with Crippen molar-refractivity contribution >= 4 is 39.7 Å². The maximum Gasteiger partial charge on any atom is 0.338 e. The summed E-state index contributed by atoms with van der Waals surface area (Å²) in [6.45, 7) is 4.20. The molecule has 0 saturated heterocycles. The van der Waals surface area contributed by atoms with Crippen molar-refractivity contribution in [3.05, 3.63) is 59.7 Å². The molecule has 6 heteroatoms. The molecule has 0 heterocycles. The molecule has 0 amide bonds. The molecule has 5 rings (SSSR count). The number of hydrogen-bond donors (Lipinski definition) is 0. The van der Waals surface area contributed by atoms with E-state index in [9.17, 15) is 9.59 Å². The monoisotopic (exact) mass is 468 g/mol. The maximum absolute atomic E-state index is 13.1. The van der Waals surface area contributed by atoms with E-state index in [4.69, 9.17) is 9.47 Å². The van der Waals surface area contributed by atoms with E-state index in [1.165, 1.54) is 19.3 Å². The molecule has 8 unspecified atom stereocenters. The van der Waals surface area contributed by atoms with Crippen LogP contribution in [0.3, 0.4) is 0 Å². The third-order valence-corrected chi connectivity index (χ3v) is 9.47. The van der Waals surface area contributed by atoms with Gasteiger partial charge in [0.15, 0.2) is 0 Å². The number of benzene rings is 2. The molecular weight excluding hydrogens is 438 g/mol. The molecule has 2 bridgehead atoms. The zero-order chi connectivity index (χ0) is 22.2. The summed E-state index contributed by atoms with van der Waals surface area (Å²) in [7, 11) is 1.26. The van der Waals surface area contributed by atoms with E-state index in [-0.39, 0.29) is 24.1 Å². The van der Waals surface area contributed by atoms with Gasteiger partial charge in [-0.1, -0.05) is 47.8 Å². The Morgan fingerprint density at radius 2 is 1.22 bits per heavy atom.